The summed E-state index contributed by atoms with van der Waals surface area (Å²) in [5.41, 5.74) is 4.85. The third-order valence-corrected chi connectivity index (χ3v) is 6.51. The lowest BCUT2D eigenvalue weighted by atomic mass is 10.1. The van der Waals surface area contributed by atoms with Crippen molar-refractivity contribution in [3.63, 3.8) is 0 Å². The number of aromatic amines is 1. The average Bonchev–Trinajstić information content (AvgIpc) is 3.46. The van der Waals surface area contributed by atoms with Gasteiger partial charge in [-0.3, -0.25) is 4.90 Å². The van der Waals surface area contributed by atoms with E-state index < -0.39 is 0 Å². The van der Waals surface area contributed by atoms with E-state index in [2.05, 4.69) is 58.9 Å². The average molecular weight is 531 g/mol. The van der Waals surface area contributed by atoms with Crippen molar-refractivity contribution in [2.24, 2.45) is 5.92 Å². The zero-order valence-electron chi connectivity index (χ0n) is 21.0. The molecule has 0 atom stereocenters. The van der Waals surface area contributed by atoms with Crippen LogP contribution in [0.5, 0.6) is 5.75 Å². The monoisotopic (exact) mass is 529 g/mol. The SMILES string of the molecule is CC(C)COc1ccc(Cl)cc1Cc1nc(-c2nc3ccc(CN4CCN(C)CC4)cc3[nH]2)co1.Cl. The summed E-state index contributed by atoms with van der Waals surface area (Å²) in [6, 6.07) is 12.1. The first-order chi connectivity index (χ1) is 16.9. The van der Waals surface area contributed by atoms with E-state index in [1.807, 2.05) is 18.2 Å². The highest BCUT2D eigenvalue weighted by molar-refractivity contribution is 6.30. The van der Waals surface area contributed by atoms with Crippen molar-refractivity contribution in [3.8, 4) is 17.3 Å². The van der Waals surface area contributed by atoms with Gasteiger partial charge in [0.2, 0.25) is 0 Å². The third-order valence-electron chi connectivity index (χ3n) is 6.28. The highest BCUT2D eigenvalue weighted by Gasteiger charge is 2.16. The molecule has 2 aromatic carbocycles. The molecule has 1 saturated heterocycles. The molecule has 0 amide bonds. The van der Waals surface area contributed by atoms with Gasteiger partial charge in [-0.15, -0.1) is 12.4 Å². The van der Waals surface area contributed by atoms with Gasteiger partial charge in [0.25, 0.3) is 0 Å². The van der Waals surface area contributed by atoms with Crippen molar-refractivity contribution < 1.29 is 9.15 Å². The molecule has 4 aromatic rings. The number of imidazole rings is 1. The van der Waals surface area contributed by atoms with Gasteiger partial charge in [-0.25, -0.2) is 9.97 Å². The van der Waals surface area contributed by atoms with Crippen LogP contribution >= 0.6 is 24.0 Å². The van der Waals surface area contributed by atoms with Gasteiger partial charge >= 0.3 is 0 Å². The van der Waals surface area contributed by atoms with E-state index in [9.17, 15) is 0 Å². The van der Waals surface area contributed by atoms with Crippen LogP contribution in [0.15, 0.2) is 47.1 Å². The highest BCUT2D eigenvalue weighted by Crippen LogP contribution is 2.27. The van der Waals surface area contributed by atoms with Crippen LogP contribution in [-0.2, 0) is 13.0 Å². The second kappa shape index (κ2) is 11.6. The lowest BCUT2D eigenvalue weighted by Gasteiger charge is -2.32. The quantitative estimate of drug-likeness (QED) is 0.317. The number of nitrogens with zero attached hydrogens (tertiary/aromatic N) is 4. The number of aromatic nitrogens is 3. The van der Waals surface area contributed by atoms with Crippen molar-refractivity contribution >= 4 is 35.0 Å². The molecule has 0 unspecified atom stereocenters. The number of fused-ring (bicyclic) bond motifs is 1. The summed E-state index contributed by atoms with van der Waals surface area (Å²) < 4.78 is 11.8. The van der Waals surface area contributed by atoms with Gasteiger partial charge in [-0.05, 0) is 48.9 Å². The van der Waals surface area contributed by atoms with Gasteiger partial charge in [-0.2, -0.15) is 0 Å². The van der Waals surface area contributed by atoms with E-state index in [1.165, 1.54) is 5.56 Å². The number of oxazole rings is 1. The largest absolute Gasteiger partial charge is 0.493 e. The Kier molecular flexibility index (Phi) is 8.57. The van der Waals surface area contributed by atoms with E-state index in [-0.39, 0.29) is 12.4 Å². The molecule has 0 saturated carbocycles. The molecule has 0 bridgehead atoms. The smallest absolute Gasteiger partial charge is 0.199 e. The molecule has 0 radical (unpaired) electrons. The molecule has 36 heavy (non-hydrogen) atoms. The van der Waals surface area contributed by atoms with Crippen molar-refractivity contribution in [1.29, 1.82) is 0 Å². The number of nitrogens with one attached hydrogen (secondary N) is 1. The van der Waals surface area contributed by atoms with E-state index in [0.29, 0.717) is 41.4 Å². The first-order valence-electron chi connectivity index (χ1n) is 12.2. The minimum absolute atomic E-state index is 0. The van der Waals surface area contributed by atoms with Gasteiger partial charge in [0, 0.05) is 43.3 Å². The molecule has 1 aliphatic rings. The third kappa shape index (κ3) is 6.40. The summed E-state index contributed by atoms with van der Waals surface area (Å²) in [6.07, 6.45) is 2.14. The van der Waals surface area contributed by atoms with Crippen LogP contribution in [-0.4, -0.2) is 64.6 Å². The Morgan fingerprint density at radius 2 is 1.89 bits per heavy atom. The number of hydrogen-bond acceptors (Lipinski definition) is 6. The fraction of sp³-hybridized carbons (Fsp3) is 0.407. The molecular formula is C27H33Cl2N5O2. The van der Waals surface area contributed by atoms with Gasteiger partial charge in [0.05, 0.1) is 24.1 Å². The summed E-state index contributed by atoms with van der Waals surface area (Å²) in [6.45, 7) is 10.3. The summed E-state index contributed by atoms with van der Waals surface area (Å²) in [5, 5.41) is 0.660. The van der Waals surface area contributed by atoms with Crippen molar-refractivity contribution in [3.05, 3.63) is 64.7 Å². The number of rotatable bonds is 8. The van der Waals surface area contributed by atoms with E-state index >= 15 is 0 Å². The zero-order chi connectivity index (χ0) is 24.4. The number of benzene rings is 2. The minimum atomic E-state index is 0. The molecule has 1 N–H and O–H groups in total. The molecule has 0 aliphatic carbocycles. The summed E-state index contributed by atoms with van der Waals surface area (Å²) in [5.74, 6) is 2.53. The Morgan fingerprint density at radius 3 is 2.67 bits per heavy atom. The van der Waals surface area contributed by atoms with Crippen LogP contribution in [0, 0.1) is 5.92 Å². The Labute approximate surface area is 223 Å². The topological polar surface area (TPSA) is 70.4 Å². The molecule has 0 spiro atoms. The first kappa shape index (κ1) is 26.5. The van der Waals surface area contributed by atoms with E-state index in [1.54, 1.807) is 6.26 Å². The standard InChI is InChI=1S/C27H32ClN5O2.ClH/c1-18(2)16-34-25-7-5-21(28)13-20(25)14-26-29-24(17-35-26)27-30-22-6-4-19(12-23(22)31-27)15-33-10-8-32(3)9-11-33;/h4-7,12-13,17-18H,8-11,14-16H2,1-3H3,(H,30,31);1H. The van der Waals surface area contributed by atoms with Gasteiger partial charge in [-0.1, -0.05) is 31.5 Å². The van der Waals surface area contributed by atoms with Crippen LogP contribution in [0.4, 0.5) is 0 Å². The lowest BCUT2D eigenvalue weighted by Crippen LogP contribution is -2.43. The number of piperazine rings is 1. The van der Waals surface area contributed by atoms with Gasteiger partial charge < -0.3 is 19.0 Å². The van der Waals surface area contributed by atoms with Crippen LogP contribution in [0.1, 0.15) is 30.9 Å². The predicted octanol–water partition coefficient (Wildman–Crippen LogP) is 5.67. The Balaban J connectivity index is 0.00000304. The maximum Gasteiger partial charge on any atom is 0.199 e. The molecular weight excluding hydrogens is 497 g/mol. The van der Waals surface area contributed by atoms with Gasteiger partial charge in [0.15, 0.2) is 11.7 Å². The highest BCUT2D eigenvalue weighted by atomic mass is 35.5. The fourth-order valence-corrected chi connectivity index (χ4v) is 4.48. The van der Waals surface area contributed by atoms with Crippen molar-refractivity contribution in [2.75, 3.05) is 39.8 Å². The lowest BCUT2D eigenvalue weighted by molar-refractivity contribution is 0.148. The Bertz CT molecular complexity index is 1290. The van der Waals surface area contributed by atoms with Crippen LogP contribution in [0.25, 0.3) is 22.6 Å². The molecule has 9 heteroatoms. The molecule has 1 fully saturated rings. The van der Waals surface area contributed by atoms with Crippen molar-refractivity contribution in [1.82, 2.24) is 24.8 Å². The van der Waals surface area contributed by atoms with Crippen LogP contribution in [0.2, 0.25) is 5.02 Å². The molecule has 192 valence electrons. The number of H-pyrrole nitrogens is 1. The summed E-state index contributed by atoms with van der Waals surface area (Å²) >= 11 is 6.25. The van der Waals surface area contributed by atoms with Crippen molar-refractivity contribution in [2.45, 2.75) is 26.8 Å². The Hall–Kier alpha value is -2.58. The second-order valence-corrected chi connectivity index (χ2v) is 10.2. The maximum absolute atomic E-state index is 6.25. The molecule has 1 aliphatic heterocycles. The summed E-state index contributed by atoms with van der Waals surface area (Å²) in [7, 11) is 2.18. The fourth-order valence-electron chi connectivity index (χ4n) is 4.29. The molecule has 3 heterocycles. The maximum atomic E-state index is 6.25. The normalized spacial score (nSPS) is 14.9. The summed E-state index contributed by atoms with van der Waals surface area (Å²) in [4.78, 5) is 17.7. The van der Waals surface area contributed by atoms with E-state index in [4.69, 9.17) is 25.7 Å². The van der Waals surface area contributed by atoms with E-state index in [0.717, 1.165) is 55.1 Å². The van der Waals surface area contributed by atoms with Crippen LogP contribution < -0.4 is 4.74 Å². The predicted molar refractivity (Wildman–Crippen MR) is 146 cm³/mol. The number of likely N-dealkylation sites (N-methyl/N-ethyl adjacent to an activating group) is 1. The minimum Gasteiger partial charge on any atom is -0.493 e. The van der Waals surface area contributed by atoms with Gasteiger partial charge in [0.1, 0.15) is 17.7 Å². The molecule has 5 rings (SSSR count). The number of hydrogen-bond donors (Lipinski definition) is 1. The number of ether oxygens (including phenoxy) is 1. The molecule has 7 nitrogen and oxygen atoms in total. The van der Waals surface area contributed by atoms with Crippen LogP contribution in [0.3, 0.4) is 0 Å². The Morgan fingerprint density at radius 1 is 1.08 bits per heavy atom. The zero-order valence-corrected chi connectivity index (χ0v) is 22.5. The first-order valence-corrected chi connectivity index (χ1v) is 12.6. The number of halogens is 2. The molecule has 2 aromatic heterocycles. The second-order valence-electron chi connectivity index (χ2n) is 9.78.